The van der Waals surface area contributed by atoms with Crippen LogP contribution < -0.4 is 0 Å². The first kappa shape index (κ1) is 13.0. The average Bonchev–Trinajstić information content (AvgIpc) is 1.96. The molecule has 0 rings (SSSR count). The molecule has 0 radical (unpaired) electrons. The van der Waals surface area contributed by atoms with Crippen LogP contribution in [0.4, 0.5) is 0 Å². The number of rotatable bonds is 3. The van der Waals surface area contributed by atoms with Crippen molar-refractivity contribution in [2.45, 2.75) is 20.8 Å². The van der Waals surface area contributed by atoms with Gasteiger partial charge in [0.05, 0.1) is 0 Å². The van der Waals surface area contributed by atoms with Crippen molar-refractivity contribution in [3.8, 4) is 0 Å². The second kappa shape index (κ2) is 12.1. The maximum absolute atomic E-state index is 4.03. The van der Waals surface area contributed by atoms with Gasteiger partial charge in [0.25, 0.3) is 0 Å². The summed E-state index contributed by atoms with van der Waals surface area (Å²) in [5, 5.41) is 0. The van der Waals surface area contributed by atoms with Crippen LogP contribution in [0.2, 0.25) is 0 Å². The minimum absolute atomic E-state index is 0.446. The third kappa shape index (κ3) is 9.39. The molecule has 0 unspecified atom stereocenters. The van der Waals surface area contributed by atoms with E-state index >= 15 is 0 Å². The van der Waals surface area contributed by atoms with Crippen LogP contribution in [-0.4, -0.2) is 18.5 Å². The molecule has 3 heteroatoms. The molecule has 0 aromatic heterocycles. The zero-order chi connectivity index (χ0) is 7.70. The van der Waals surface area contributed by atoms with Gasteiger partial charge in [-0.25, -0.2) is 0 Å². The van der Waals surface area contributed by atoms with Gasteiger partial charge in [-0.2, -0.15) is 0 Å². The van der Waals surface area contributed by atoms with Crippen LogP contribution >= 0.6 is 17.5 Å². The summed E-state index contributed by atoms with van der Waals surface area (Å²) in [5.41, 5.74) is 0. The standard InChI is InChI=1S/C6H15P.Au.S/c1-4-7(5-2)6-3;;/h4-6H2,1-3H3;;. The summed E-state index contributed by atoms with van der Waals surface area (Å²) >= 11 is 1.86. The van der Waals surface area contributed by atoms with E-state index in [0.717, 1.165) is 0 Å². The van der Waals surface area contributed by atoms with Crippen LogP contribution in [0.1, 0.15) is 20.8 Å². The van der Waals surface area contributed by atoms with Crippen molar-refractivity contribution >= 4 is 17.5 Å². The summed E-state index contributed by atoms with van der Waals surface area (Å²) in [6, 6.07) is 0. The van der Waals surface area contributed by atoms with Crippen LogP contribution in [0.15, 0.2) is 0 Å². The molecule has 0 amide bonds. The molecule has 0 heterocycles. The summed E-state index contributed by atoms with van der Waals surface area (Å²) in [6.07, 6.45) is 4.26. The van der Waals surface area contributed by atoms with Crippen molar-refractivity contribution in [2.24, 2.45) is 0 Å². The SMILES string of the molecule is CCP(CC)CC.[S]=[Au]. The zero-order valence-corrected chi connectivity index (χ0v) is 10.2. The number of hydrogen-bond donors (Lipinski definition) is 0. The van der Waals surface area contributed by atoms with Crippen molar-refractivity contribution in [2.75, 3.05) is 18.5 Å². The Bertz CT molecular complexity index is 42.8. The molecule has 0 nitrogen and oxygen atoms in total. The molecule has 0 spiro atoms. The van der Waals surface area contributed by atoms with Crippen molar-refractivity contribution in [1.82, 2.24) is 0 Å². The van der Waals surface area contributed by atoms with Gasteiger partial charge >= 0.3 is 28.8 Å². The van der Waals surface area contributed by atoms with Gasteiger partial charge in [0.1, 0.15) is 0 Å². The van der Waals surface area contributed by atoms with Crippen LogP contribution in [0, 0.1) is 0 Å². The van der Waals surface area contributed by atoms with Gasteiger partial charge in [-0.3, -0.25) is 0 Å². The molecule has 9 heavy (non-hydrogen) atoms. The molecule has 0 atom stereocenters. The molecule has 0 aromatic rings. The van der Waals surface area contributed by atoms with E-state index in [1.807, 2.05) is 19.2 Å². The third-order valence-corrected chi connectivity index (χ3v) is 4.02. The number of hydrogen-bond acceptors (Lipinski definition) is 1. The topological polar surface area (TPSA) is 0 Å². The molecule has 0 N–H and O–H groups in total. The van der Waals surface area contributed by atoms with Crippen LogP contribution in [0.25, 0.3) is 0 Å². The summed E-state index contributed by atoms with van der Waals surface area (Å²) < 4.78 is 0. The first-order valence-electron chi connectivity index (χ1n) is 3.19. The first-order chi connectivity index (χ1) is 4.35. The predicted octanol–water partition coefficient (Wildman–Crippen LogP) is 3.17. The van der Waals surface area contributed by atoms with E-state index in [-0.39, 0.29) is 0 Å². The average molecular weight is 347 g/mol. The molecule has 0 aliphatic heterocycles. The fourth-order valence-corrected chi connectivity index (χ4v) is 2.01. The predicted molar refractivity (Wildman–Crippen MR) is 46.1 cm³/mol. The molecule has 0 saturated heterocycles. The van der Waals surface area contributed by atoms with Crippen molar-refractivity contribution in [3.63, 3.8) is 0 Å². The van der Waals surface area contributed by atoms with Crippen molar-refractivity contribution in [3.05, 3.63) is 0 Å². The summed E-state index contributed by atoms with van der Waals surface area (Å²) in [6.45, 7) is 6.87. The molecular weight excluding hydrogens is 332 g/mol. The van der Waals surface area contributed by atoms with E-state index in [2.05, 4.69) is 30.3 Å². The molecule has 0 bridgehead atoms. The Morgan fingerprint density at radius 2 is 1.22 bits per heavy atom. The fourth-order valence-electron chi connectivity index (χ4n) is 0.671. The Hall–Kier alpha value is 1.39. The molecule has 0 saturated carbocycles. The molecular formula is C6H15AuPS. The molecule has 0 aromatic carbocycles. The van der Waals surface area contributed by atoms with E-state index in [4.69, 9.17) is 0 Å². The minimum atomic E-state index is 0.446. The molecule has 61 valence electrons. The van der Waals surface area contributed by atoms with E-state index < -0.39 is 0 Å². The monoisotopic (exact) mass is 347 g/mol. The Balaban J connectivity index is 0. The molecule has 0 aliphatic rings. The second-order valence-electron chi connectivity index (χ2n) is 1.62. The summed E-state index contributed by atoms with van der Waals surface area (Å²) in [7, 11) is 4.47. The molecule has 0 aliphatic carbocycles. The van der Waals surface area contributed by atoms with E-state index in [9.17, 15) is 0 Å². The maximum atomic E-state index is 4.03. The summed E-state index contributed by atoms with van der Waals surface area (Å²) in [4.78, 5) is 0. The van der Waals surface area contributed by atoms with Crippen LogP contribution in [0.3, 0.4) is 0 Å². The molecule has 0 fully saturated rings. The Kier molecular flexibility index (Phi) is 17.5. The van der Waals surface area contributed by atoms with Gasteiger partial charge < -0.3 is 0 Å². The summed E-state index contributed by atoms with van der Waals surface area (Å²) in [5.74, 6) is 0. The van der Waals surface area contributed by atoms with Crippen molar-refractivity contribution < 1.29 is 19.2 Å². The Morgan fingerprint density at radius 1 is 1.00 bits per heavy atom. The van der Waals surface area contributed by atoms with E-state index in [1.165, 1.54) is 18.5 Å². The fraction of sp³-hybridized carbons (Fsp3) is 1.00. The third-order valence-electron chi connectivity index (χ3n) is 1.34. The normalized spacial score (nSPS) is 8.67. The van der Waals surface area contributed by atoms with E-state index in [1.54, 1.807) is 0 Å². The van der Waals surface area contributed by atoms with Gasteiger partial charge in [0.15, 0.2) is 0 Å². The van der Waals surface area contributed by atoms with Gasteiger partial charge in [0.2, 0.25) is 0 Å². The van der Waals surface area contributed by atoms with Gasteiger partial charge in [0, 0.05) is 0 Å². The van der Waals surface area contributed by atoms with Gasteiger partial charge in [-0.1, -0.05) is 20.8 Å². The Morgan fingerprint density at radius 3 is 1.22 bits per heavy atom. The second-order valence-corrected chi connectivity index (χ2v) is 4.86. The zero-order valence-electron chi connectivity index (χ0n) is 6.28. The first-order valence-corrected chi connectivity index (χ1v) is 7.99. The van der Waals surface area contributed by atoms with E-state index in [0.29, 0.717) is 7.92 Å². The van der Waals surface area contributed by atoms with Crippen LogP contribution in [-0.2, 0) is 19.2 Å². The quantitative estimate of drug-likeness (QED) is 0.558. The van der Waals surface area contributed by atoms with Gasteiger partial charge in [-0.15, -0.1) is 7.92 Å². The van der Waals surface area contributed by atoms with Gasteiger partial charge in [-0.05, 0) is 18.5 Å². The van der Waals surface area contributed by atoms with Crippen LogP contribution in [0.5, 0.6) is 0 Å². The Labute approximate surface area is 75.8 Å². The van der Waals surface area contributed by atoms with Crippen molar-refractivity contribution in [1.29, 1.82) is 0 Å².